The van der Waals surface area contributed by atoms with Gasteiger partial charge in [0.1, 0.15) is 11.7 Å². The van der Waals surface area contributed by atoms with E-state index in [1.54, 1.807) is 7.11 Å². The van der Waals surface area contributed by atoms with Gasteiger partial charge in [0.15, 0.2) is 0 Å². The van der Waals surface area contributed by atoms with Gasteiger partial charge in [-0.05, 0) is 12.8 Å². The highest BCUT2D eigenvalue weighted by atomic mass is 16.7. The van der Waals surface area contributed by atoms with Gasteiger partial charge in [-0.15, -0.1) is 0 Å². The lowest BCUT2D eigenvalue weighted by molar-refractivity contribution is -0.131. The minimum atomic E-state index is -0.203. The van der Waals surface area contributed by atoms with Gasteiger partial charge < -0.3 is 14.2 Å². The van der Waals surface area contributed by atoms with E-state index in [-0.39, 0.29) is 17.8 Å². The molecule has 0 N–H and O–H groups in total. The van der Waals surface area contributed by atoms with Crippen molar-refractivity contribution in [2.24, 2.45) is 5.92 Å². The molecule has 3 heteroatoms. The average molecular weight is 282 g/mol. The summed E-state index contributed by atoms with van der Waals surface area (Å²) in [5.41, 5.74) is -0.203. The molecule has 0 saturated carbocycles. The molecular formula is C17H30O3. The maximum absolute atomic E-state index is 5.95. The molecule has 2 aliphatic rings. The molecule has 2 heterocycles. The van der Waals surface area contributed by atoms with Gasteiger partial charge in [-0.2, -0.15) is 0 Å². The Morgan fingerprint density at radius 1 is 1.25 bits per heavy atom. The number of methoxy groups -OCH3 is 1. The molecule has 0 aromatic carbocycles. The van der Waals surface area contributed by atoms with Gasteiger partial charge >= 0.3 is 0 Å². The summed E-state index contributed by atoms with van der Waals surface area (Å²) in [6, 6.07) is 0. The third-order valence-corrected chi connectivity index (χ3v) is 4.54. The fourth-order valence-electron chi connectivity index (χ4n) is 3.28. The van der Waals surface area contributed by atoms with Crippen LogP contribution in [0.5, 0.6) is 0 Å². The predicted octanol–water partition coefficient (Wildman–Crippen LogP) is 3.72. The molecule has 3 nitrogen and oxygen atoms in total. The Bertz CT molecular complexity index is 309. The molecule has 2 fully saturated rings. The van der Waals surface area contributed by atoms with Gasteiger partial charge in [0.05, 0.1) is 19.3 Å². The van der Waals surface area contributed by atoms with Crippen LogP contribution in [0.2, 0.25) is 0 Å². The summed E-state index contributed by atoms with van der Waals surface area (Å²) in [6.07, 6.45) is 12.5. The van der Waals surface area contributed by atoms with E-state index in [2.05, 4.69) is 26.0 Å². The zero-order chi connectivity index (χ0) is 14.4. The van der Waals surface area contributed by atoms with Crippen LogP contribution in [0.25, 0.3) is 0 Å². The second-order valence-electron chi connectivity index (χ2n) is 6.26. The minimum Gasteiger partial charge on any atom is -0.378 e. The van der Waals surface area contributed by atoms with Crippen molar-refractivity contribution in [3.05, 3.63) is 12.2 Å². The van der Waals surface area contributed by atoms with Crippen molar-refractivity contribution in [3.8, 4) is 0 Å². The van der Waals surface area contributed by atoms with Crippen molar-refractivity contribution in [2.75, 3.05) is 20.3 Å². The van der Waals surface area contributed by atoms with E-state index in [1.807, 2.05) is 0 Å². The molecule has 116 valence electrons. The van der Waals surface area contributed by atoms with Crippen molar-refractivity contribution in [1.29, 1.82) is 0 Å². The Morgan fingerprint density at radius 3 is 2.65 bits per heavy atom. The zero-order valence-corrected chi connectivity index (χ0v) is 13.3. The van der Waals surface area contributed by atoms with Crippen molar-refractivity contribution in [1.82, 2.24) is 0 Å². The van der Waals surface area contributed by atoms with E-state index in [4.69, 9.17) is 14.2 Å². The number of hydrogen-bond donors (Lipinski definition) is 0. The van der Waals surface area contributed by atoms with Crippen molar-refractivity contribution >= 4 is 0 Å². The van der Waals surface area contributed by atoms with Crippen molar-refractivity contribution < 1.29 is 14.2 Å². The lowest BCUT2D eigenvalue weighted by atomic mass is 9.85. The van der Waals surface area contributed by atoms with E-state index in [0.29, 0.717) is 5.92 Å². The van der Waals surface area contributed by atoms with Crippen LogP contribution >= 0.6 is 0 Å². The average Bonchev–Trinajstić information content (AvgIpc) is 3.22. The summed E-state index contributed by atoms with van der Waals surface area (Å²) in [5, 5.41) is 0. The number of hydrogen-bond acceptors (Lipinski definition) is 3. The second kappa shape index (κ2) is 7.58. The molecule has 2 saturated heterocycles. The Balaban J connectivity index is 1.75. The topological polar surface area (TPSA) is 31.0 Å². The third kappa shape index (κ3) is 3.63. The zero-order valence-electron chi connectivity index (χ0n) is 13.3. The van der Waals surface area contributed by atoms with E-state index in [0.717, 1.165) is 19.6 Å². The Morgan fingerprint density at radius 2 is 2.00 bits per heavy atom. The van der Waals surface area contributed by atoms with Crippen LogP contribution in [0.15, 0.2) is 12.2 Å². The maximum atomic E-state index is 5.95. The molecule has 0 aromatic rings. The van der Waals surface area contributed by atoms with Crippen LogP contribution in [-0.4, -0.2) is 38.1 Å². The van der Waals surface area contributed by atoms with Crippen LogP contribution in [0.4, 0.5) is 0 Å². The van der Waals surface area contributed by atoms with Gasteiger partial charge in [-0.25, -0.2) is 0 Å². The quantitative estimate of drug-likeness (QED) is 0.386. The summed E-state index contributed by atoms with van der Waals surface area (Å²) in [7, 11) is 1.78. The molecule has 2 aliphatic heterocycles. The highest BCUT2D eigenvalue weighted by Crippen LogP contribution is 2.44. The standard InChI is InChI=1S/C17H30O3/c1-4-5-6-7-8-9-10-11-15-17(13-20-17)16(18-3)14(2)12-19-15/h10-11,14-16H,4-9,12-13H2,1-3H3/b11-10-/t14-,15+,16+,17-/m1/s1. The molecular weight excluding hydrogens is 252 g/mol. The van der Waals surface area contributed by atoms with Gasteiger partial charge in [0, 0.05) is 13.0 Å². The molecule has 0 unspecified atom stereocenters. The van der Waals surface area contributed by atoms with E-state index in [1.165, 1.54) is 32.1 Å². The maximum Gasteiger partial charge on any atom is 0.147 e. The number of epoxide rings is 1. The SMILES string of the molecule is CCCCCCC/C=C\[C@@H]1OC[C@@H](C)[C@H](OC)[C@@]12CO2. The van der Waals surface area contributed by atoms with Crippen LogP contribution in [0.3, 0.4) is 0 Å². The second-order valence-corrected chi connectivity index (χ2v) is 6.26. The predicted molar refractivity (Wildman–Crippen MR) is 80.9 cm³/mol. The first kappa shape index (κ1) is 16.0. The van der Waals surface area contributed by atoms with Crippen LogP contribution in [0, 0.1) is 5.92 Å². The monoisotopic (exact) mass is 282 g/mol. The minimum absolute atomic E-state index is 0.0688. The molecule has 2 rings (SSSR count). The number of unbranched alkanes of at least 4 members (excludes halogenated alkanes) is 5. The lowest BCUT2D eigenvalue weighted by Crippen LogP contribution is -2.52. The first-order valence-electron chi connectivity index (χ1n) is 8.19. The molecule has 1 spiro atoms. The molecule has 0 aromatic heterocycles. The molecule has 0 bridgehead atoms. The van der Waals surface area contributed by atoms with Gasteiger partial charge in [0.2, 0.25) is 0 Å². The first-order valence-corrected chi connectivity index (χ1v) is 8.19. The highest BCUT2D eigenvalue weighted by molar-refractivity contribution is 5.15. The number of ether oxygens (including phenoxy) is 3. The largest absolute Gasteiger partial charge is 0.378 e. The lowest BCUT2D eigenvalue weighted by Gasteiger charge is -2.38. The summed E-state index contributed by atoms with van der Waals surface area (Å²) in [6.45, 7) is 5.95. The van der Waals surface area contributed by atoms with Crippen LogP contribution < -0.4 is 0 Å². The van der Waals surface area contributed by atoms with Crippen molar-refractivity contribution in [3.63, 3.8) is 0 Å². The Hall–Kier alpha value is -0.380. The summed E-state index contributed by atoms with van der Waals surface area (Å²) >= 11 is 0. The number of rotatable bonds is 8. The van der Waals surface area contributed by atoms with Gasteiger partial charge in [-0.1, -0.05) is 51.7 Å². The normalized spacial score (nSPS) is 36.9. The first-order chi connectivity index (χ1) is 9.74. The fraction of sp³-hybridized carbons (Fsp3) is 0.882. The Labute approximate surface area is 123 Å². The summed E-state index contributed by atoms with van der Waals surface area (Å²) in [5.74, 6) is 0.404. The molecule has 0 amide bonds. The molecule has 4 atom stereocenters. The van der Waals surface area contributed by atoms with E-state index in [9.17, 15) is 0 Å². The van der Waals surface area contributed by atoms with Crippen molar-refractivity contribution in [2.45, 2.75) is 70.2 Å². The van der Waals surface area contributed by atoms with E-state index >= 15 is 0 Å². The summed E-state index contributed by atoms with van der Waals surface area (Å²) < 4.78 is 17.3. The Kier molecular flexibility index (Phi) is 6.06. The molecule has 0 aliphatic carbocycles. The van der Waals surface area contributed by atoms with E-state index < -0.39 is 0 Å². The molecule has 0 radical (unpaired) electrons. The summed E-state index contributed by atoms with van der Waals surface area (Å²) in [4.78, 5) is 0. The van der Waals surface area contributed by atoms with Crippen LogP contribution in [0.1, 0.15) is 52.4 Å². The molecule has 20 heavy (non-hydrogen) atoms. The van der Waals surface area contributed by atoms with Gasteiger partial charge in [0.25, 0.3) is 0 Å². The van der Waals surface area contributed by atoms with Crippen LogP contribution in [-0.2, 0) is 14.2 Å². The highest BCUT2D eigenvalue weighted by Gasteiger charge is 2.61. The third-order valence-electron chi connectivity index (χ3n) is 4.54. The fourth-order valence-corrected chi connectivity index (χ4v) is 3.28. The smallest absolute Gasteiger partial charge is 0.147 e. The van der Waals surface area contributed by atoms with Gasteiger partial charge in [-0.3, -0.25) is 0 Å². The number of allylic oxidation sites excluding steroid dienone is 1.